The molecule has 0 aliphatic rings. The molecule has 0 saturated heterocycles. The lowest BCUT2D eigenvalue weighted by Gasteiger charge is -1.95. The Kier molecular flexibility index (Phi) is 12.1. The Morgan fingerprint density at radius 1 is 1.00 bits per heavy atom. The summed E-state index contributed by atoms with van der Waals surface area (Å²) in [6, 6.07) is 0. The maximum Gasteiger partial charge on any atom is 0.414 e. The summed E-state index contributed by atoms with van der Waals surface area (Å²) in [4.78, 5) is 18.2. The van der Waals surface area contributed by atoms with Gasteiger partial charge in [0, 0.05) is 0 Å². The molecule has 0 aliphatic heterocycles. The molecular weight excluding hydrogens is 174 g/mol. The second kappa shape index (κ2) is 10.9. The Morgan fingerprint density at radius 3 is 1.46 bits per heavy atom. The quantitative estimate of drug-likeness (QED) is 0.446. The van der Waals surface area contributed by atoms with E-state index in [1.807, 2.05) is 0 Å². The van der Waals surface area contributed by atoms with E-state index < -0.39 is 11.9 Å². The first kappa shape index (κ1) is 14.4. The van der Waals surface area contributed by atoms with E-state index in [1.54, 1.807) is 0 Å². The van der Waals surface area contributed by atoms with Gasteiger partial charge in [0.15, 0.2) is 0 Å². The first-order valence-electron chi connectivity index (χ1n) is 4.23. The van der Waals surface area contributed by atoms with Gasteiger partial charge in [-0.3, -0.25) is 0 Å². The van der Waals surface area contributed by atoms with Gasteiger partial charge in [0.1, 0.15) is 0 Å². The largest absolute Gasteiger partial charge is 0.473 e. The minimum atomic E-state index is -1.82. The number of hydrogen-bond donors (Lipinski definition) is 3. The maximum atomic E-state index is 9.10. The Labute approximate surface area is 77.8 Å². The van der Waals surface area contributed by atoms with Crippen LogP contribution in [-0.2, 0) is 9.59 Å². The number of carboxylic acid groups (broad SMARTS) is 2. The molecule has 0 rings (SSSR count). The van der Waals surface area contributed by atoms with Crippen molar-refractivity contribution in [3.8, 4) is 0 Å². The summed E-state index contributed by atoms with van der Waals surface area (Å²) in [5.74, 6) is -3.65. The third-order valence-corrected chi connectivity index (χ3v) is 1.04. The van der Waals surface area contributed by atoms with E-state index in [-0.39, 0.29) is 0 Å². The Hall–Kier alpha value is -1.10. The lowest BCUT2D eigenvalue weighted by Crippen LogP contribution is -2.14. The molecule has 0 unspecified atom stereocenters. The molecule has 0 fully saturated rings. The fourth-order valence-corrected chi connectivity index (χ4v) is 0.479. The fourth-order valence-electron chi connectivity index (χ4n) is 0.479. The Morgan fingerprint density at radius 2 is 1.31 bits per heavy atom. The van der Waals surface area contributed by atoms with Crippen molar-refractivity contribution in [3.05, 3.63) is 0 Å². The van der Waals surface area contributed by atoms with E-state index in [2.05, 4.69) is 19.2 Å². The summed E-state index contributed by atoms with van der Waals surface area (Å²) >= 11 is 0. The van der Waals surface area contributed by atoms with Crippen LogP contribution in [0, 0.1) is 0 Å². The second-order valence-corrected chi connectivity index (χ2v) is 2.36. The highest BCUT2D eigenvalue weighted by molar-refractivity contribution is 6.27. The van der Waals surface area contributed by atoms with Crippen molar-refractivity contribution >= 4 is 11.9 Å². The van der Waals surface area contributed by atoms with Crippen molar-refractivity contribution < 1.29 is 19.8 Å². The van der Waals surface area contributed by atoms with Crippen LogP contribution in [-0.4, -0.2) is 35.2 Å². The van der Waals surface area contributed by atoms with Crippen LogP contribution in [0.3, 0.4) is 0 Å². The standard InChI is InChI=1S/C6H15N.C2H2O4/c1-3-5-7-6-4-2;3-1(4)2(5)6/h7H,3-6H2,1-2H3;(H,3,4)(H,5,6). The van der Waals surface area contributed by atoms with Gasteiger partial charge in [-0.25, -0.2) is 9.59 Å². The molecule has 0 aromatic rings. The van der Waals surface area contributed by atoms with E-state index in [1.165, 1.54) is 25.9 Å². The van der Waals surface area contributed by atoms with Gasteiger partial charge in [0.25, 0.3) is 0 Å². The van der Waals surface area contributed by atoms with Crippen molar-refractivity contribution in [1.82, 2.24) is 5.32 Å². The maximum absolute atomic E-state index is 9.10. The molecule has 0 radical (unpaired) electrons. The van der Waals surface area contributed by atoms with Gasteiger partial charge in [-0.15, -0.1) is 0 Å². The highest BCUT2D eigenvalue weighted by Gasteiger charge is 2.04. The summed E-state index contributed by atoms with van der Waals surface area (Å²) in [7, 11) is 0. The normalized spacial score (nSPS) is 8.46. The summed E-state index contributed by atoms with van der Waals surface area (Å²) in [6.07, 6.45) is 2.50. The number of hydrogen-bond acceptors (Lipinski definition) is 3. The predicted molar refractivity (Wildman–Crippen MR) is 48.7 cm³/mol. The van der Waals surface area contributed by atoms with Crippen LogP contribution in [0.25, 0.3) is 0 Å². The van der Waals surface area contributed by atoms with Crippen LogP contribution in [0.15, 0.2) is 0 Å². The summed E-state index contributed by atoms with van der Waals surface area (Å²) in [5.41, 5.74) is 0. The van der Waals surface area contributed by atoms with E-state index in [9.17, 15) is 0 Å². The molecule has 0 aromatic heterocycles. The molecule has 0 saturated carbocycles. The molecule has 3 N–H and O–H groups in total. The summed E-state index contributed by atoms with van der Waals surface area (Å²) < 4.78 is 0. The van der Waals surface area contributed by atoms with E-state index in [0.717, 1.165) is 0 Å². The Balaban J connectivity index is 0. The minimum Gasteiger partial charge on any atom is -0.473 e. The lowest BCUT2D eigenvalue weighted by molar-refractivity contribution is -0.159. The van der Waals surface area contributed by atoms with Crippen LogP contribution >= 0.6 is 0 Å². The SMILES string of the molecule is CCCNCCC.O=C(O)C(=O)O. The van der Waals surface area contributed by atoms with Crippen LogP contribution in [0.2, 0.25) is 0 Å². The van der Waals surface area contributed by atoms with Crippen LogP contribution in [0.5, 0.6) is 0 Å². The average molecular weight is 191 g/mol. The number of nitrogens with one attached hydrogen (secondary N) is 1. The first-order chi connectivity index (χ1) is 6.06. The predicted octanol–water partition coefficient (Wildman–Crippen LogP) is 0.552. The molecule has 0 spiro atoms. The minimum absolute atomic E-state index is 1.17. The highest BCUT2D eigenvalue weighted by Crippen LogP contribution is 1.71. The molecule has 5 nitrogen and oxygen atoms in total. The molecule has 0 atom stereocenters. The van der Waals surface area contributed by atoms with Crippen molar-refractivity contribution in [1.29, 1.82) is 0 Å². The molecule has 0 heterocycles. The van der Waals surface area contributed by atoms with Crippen LogP contribution < -0.4 is 5.32 Å². The zero-order valence-corrected chi connectivity index (χ0v) is 8.04. The first-order valence-corrected chi connectivity index (χ1v) is 4.23. The highest BCUT2D eigenvalue weighted by atomic mass is 16.4. The van der Waals surface area contributed by atoms with E-state index in [0.29, 0.717) is 0 Å². The van der Waals surface area contributed by atoms with Gasteiger partial charge < -0.3 is 15.5 Å². The van der Waals surface area contributed by atoms with E-state index in [4.69, 9.17) is 19.8 Å². The van der Waals surface area contributed by atoms with E-state index >= 15 is 0 Å². The van der Waals surface area contributed by atoms with Gasteiger partial charge >= 0.3 is 11.9 Å². The van der Waals surface area contributed by atoms with Crippen molar-refractivity contribution in [2.45, 2.75) is 26.7 Å². The number of aliphatic carboxylic acids is 2. The van der Waals surface area contributed by atoms with Crippen molar-refractivity contribution in [2.75, 3.05) is 13.1 Å². The smallest absolute Gasteiger partial charge is 0.414 e. The summed E-state index contributed by atoms with van der Waals surface area (Å²) in [6.45, 7) is 6.72. The molecule has 0 aromatic carbocycles. The number of rotatable bonds is 4. The van der Waals surface area contributed by atoms with Gasteiger partial charge in [-0.1, -0.05) is 13.8 Å². The van der Waals surface area contributed by atoms with Crippen molar-refractivity contribution in [3.63, 3.8) is 0 Å². The van der Waals surface area contributed by atoms with Crippen molar-refractivity contribution in [2.24, 2.45) is 0 Å². The number of carbonyl (C=O) groups is 2. The average Bonchev–Trinajstić information content (AvgIpc) is 2.06. The monoisotopic (exact) mass is 191 g/mol. The molecule has 0 aliphatic carbocycles. The molecule has 78 valence electrons. The second-order valence-electron chi connectivity index (χ2n) is 2.36. The zero-order chi connectivity index (χ0) is 10.7. The Bertz CT molecular complexity index is 131. The molecule has 0 amide bonds. The summed E-state index contributed by atoms with van der Waals surface area (Å²) in [5, 5.41) is 18.1. The molecule has 0 bridgehead atoms. The number of carboxylic acids is 2. The molecular formula is C8H17NO4. The lowest BCUT2D eigenvalue weighted by atomic mass is 10.4. The van der Waals surface area contributed by atoms with Gasteiger partial charge in [0.2, 0.25) is 0 Å². The third-order valence-electron chi connectivity index (χ3n) is 1.04. The zero-order valence-electron chi connectivity index (χ0n) is 8.04. The van der Waals surface area contributed by atoms with Gasteiger partial charge in [-0.05, 0) is 25.9 Å². The van der Waals surface area contributed by atoms with Crippen LogP contribution in [0.4, 0.5) is 0 Å². The van der Waals surface area contributed by atoms with Crippen LogP contribution in [0.1, 0.15) is 26.7 Å². The van der Waals surface area contributed by atoms with Gasteiger partial charge in [-0.2, -0.15) is 0 Å². The molecule has 13 heavy (non-hydrogen) atoms. The fraction of sp³-hybridized carbons (Fsp3) is 0.750. The topological polar surface area (TPSA) is 86.6 Å². The molecule has 5 heteroatoms. The van der Waals surface area contributed by atoms with Gasteiger partial charge in [0.05, 0.1) is 0 Å². The third kappa shape index (κ3) is 18.1.